The van der Waals surface area contributed by atoms with E-state index in [4.69, 9.17) is 9.26 Å². The lowest BCUT2D eigenvalue weighted by Crippen LogP contribution is -2.02. The standard InChI is InChI=1S/C14H18N2O3/c1-4-14-15-13(16-19-14)8-18-12-7-9(2)5-6-11(12)10(3)17/h5-7,10,17H,4,8H2,1-3H3/t10-/m1/s1. The minimum Gasteiger partial charge on any atom is -0.485 e. The number of benzene rings is 1. The van der Waals surface area contributed by atoms with Crippen molar-refractivity contribution in [1.29, 1.82) is 0 Å². The van der Waals surface area contributed by atoms with Crippen LogP contribution in [0, 0.1) is 6.92 Å². The van der Waals surface area contributed by atoms with Gasteiger partial charge in [0.15, 0.2) is 6.61 Å². The Labute approximate surface area is 112 Å². The van der Waals surface area contributed by atoms with Gasteiger partial charge in [-0.25, -0.2) is 0 Å². The van der Waals surface area contributed by atoms with Crippen molar-refractivity contribution in [2.24, 2.45) is 0 Å². The highest BCUT2D eigenvalue weighted by Gasteiger charge is 2.11. The Balaban J connectivity index is 2.12. The molecule has 19 heavy (non-hydrogen) atoms. The molecule has 1 N–H and O–H groups in total. The van der Waals surface area contributed by atoms with Gasteiger partial charge in [0.2, 0.25) is 11.7 Å². The van der Waals surface area contributed by atoms with Gasteiger partial charge < -0.3 is 14.4 Å². The largest absolute Gasteiger partial charge is 0.485 e. The summed E-state index contributed by atoms with van der Waals surface area (Å²) in [6, 6.07) is 5.70. The summed E-state index contributed by atoms with van der Waals surface area (Å²) in [7, 11) is 0. The van der Waals surface area contributed by atoms with E-state index >= 15 is 0 Å². The summed E-state index contributed by atoms with van der Waals surface area (Å²) < 4.78 is 10.7. The second kappa shape index (κ2) is 5.84. The average molecular weight is 262 g/mol. The molecule has 0 bridgehead atoms. The number of aromatic nitrogens is 2. The van der Waals surface area contributed by atoms with Gasteiger partial charge in [-0.3, -0.25) is 0 Å². The van der Waals surface area contributed by atoms with Crippen molar-refractivity contribution in [1.82, 2.24) is 10.1 Å². The molecule has 5 heteroatoms. The molecule has 1 aromatic heterocycles. The Hall–Kier alpha value is -1.88. The number of hydrogen-bond donors (Lipinski definition) is 1. The van der Waals surface area contributed by atoms with E-state index in [2.05, 4.69) is 10.1 Å². The van der Waals surface area contributed by atoms with Crippen LogP contribution in [0.1, 0.15) is 42.8 Å². The fraction of sp³-hybridized carbons (Fsp3) is 0.429. The van der Waals surface area contributed by atoms with E-state index in [9.17, 15) is 5.11 Å². The Morgan fingerprint density at radius 1 is 1.42 bits per heavy atom. The molecule has 5 nitrogen and oxygen atoms in total. The summed E-state index contributed by atoms with van der Waals surface area (Å²) in [4.78, 5) is 4.18. The quantitative estimate of drug-likeness (QED) is 0.896. The van der Waals surface area contributed by atoms with Gasteiger partial charge >= 0.3 is 0 Å². The minimum atomic E-state index is -0.577. The normalized spacial score (nSPS) is 12.4. The Bertz CT molecular complexity index is 549. The Kier molecular flexibility index (Phi) is 4.16. The smallest absolute Gasteiger partial charge is 0.226 e. The Morgan fingerprint density at radius 3 is 2.84 bits per heavy atom. The highest BCUT2D eigenvalue weighted by atomic mass is 16.5. The van der Waals surface area contributed by atoms with E-state index in [1.54, 1.807) is 6.92 Å². The second-order valence-electron chi connectivity index (χ2n) is 4.46. The van der Waals surface area contributed by atoms with Crippen molar-refractivity contribution >= 4 is 0 Å². The maximum atomic E-state index is 9.71. The van der Waals surface area contributed by atoms with Crippen LogP contribution >= 0.6 is 0 Å². The zero-order valence-electron chi connectivity index (χ0n) is 11.4. The highest BCUT2D eigenvalue weighted by Crippen LogP contribution is 2.26. The van der Waals surface area contributed by atoms with Crippen LogP contribution in [-0.4, -0.2) is 15.2 Å². The molecule has 0 fully saturated rings. The predicted octanol–water partition coefficient (Wildman–Crippen LogP) is 2.57. The van der Waals surface area contributed by atoms with E-state index in [1.165, 1.54) is 0 Å². The molecule has 0 amide bonds. The van der Waals surface area contributed by atoms with Crippen molar-refractivity contribution in [3.8, 4) is 5.75 Å². The summed E-state index contributed by atoms with van der Waals surface area (Å²) in [5.74, 6) is 1.76. The third-order valence-electron chi connectivity index (χ3n) is 2.79. The molecule has 1 atom stereocenters. The van der Waals surface area contributed by atoms with Crippen LogP contribution < -0.4 is 4.74 Å². The van der Waals surface area contributed by atoms with Gasteiger partial charge in [-0.05, 0) is 25.5 Å². The van der Waals surface area contributed by atoms with Crippen molar-refractivity contribution in [2.75, 3.05) is 0 Å². The fourth-order valence-corrected chi connectivity index (χ4v) is 1.75. The summed E-state index contributed by atoms with van der Waals surface area (Å²) in [5.41, 5.74) is 1.83. The van der Waals surface area contributed by atoms with Crippen LogP contribution in [0.3, 0.4) is 0 Å². The molecule has 1 aromatic carbocycles. The lowest BCUT2D eigenvalue weighted by molar-refractivity contribution is 0.189. The van der Waals surface area contributed by atoms with Crippen LogP contribution in [0.2, 0.25) is 0 Å². The van der Waals surface area contributed by atoms with Crippen LogP contribution in [-0.2, 0) is 13.0 Å². The van der Waals surface area contributed by atoms with Gasteiger partial charge in [0, 0.05) is 12.0 Å². The van der Waals surface area contributed by atoms with Crippen molar-refractivity contribution in [3.63, 3.8) is 0 Å². The third-order valence-corrected chi connectivity index (χ3v) is 2.79. The Morgan fingerprint density at radius 2 is 2.21 bits per heavy atom. The molecular weight excluding hydrogens is 244 g/mol. The molecule has 0 aliphatic rings. The molecule has 2 aromatic rings. The molecule has 0 radical (unpaired) electrons. The average Bonchev–Trinajstić information content (AvgIpc) is 2.84. The zero-order valence-corrected chi connectivity index (χ0v) is 11.4. The lowest BCUT2D eigenvalue weighted by atomic mass is 10.1. The number of hydrogen-bond acceptors (Lipinski definition) is 5. The van der Waals surface area contributed by atoms with E-state index in [0.717, 1.165) is 11.1 Å². The van der Waals surface area contributed by atoms with E-state index in [0.29, 0.717) is 23.9 Å². The van der Waals surface area contributed by atoms with E-state index < -0.39 is 6.10 Å². The summed E-state index contributed by atoms with van der Waals surface area (Å²) in [6.45, 7) is 5.86. The summed E-state index contributed by atoms with van der Waals surface area (Å²) in [5, 5.41) is 13.5. The van der Waals surface area contributed by atoms with Crippen molar-refractivity contribution < 1.29 is 14.4 Å². The molecule has 0 spiro atoms. The monoisotopic (exact) mass is 262 g/mol. The minimum absolute atomic E-state index is 0.229. The highest BCUT2D eigenvalue weighted by molar-refractivity contribution is 5.38. The van der Waals surface area contributed by atoms with E-state index in [-0.39, 0.29) is 6.61 Å². The number of rotatable bonds is 5. The first-order chi connectivity index (χ1) is 9.10. The van der Waals surface area contributed by atoms with Gasteiger partial charge in [-0.2, -0.15) is 4.98 Å². The van der Waals surface area contributed by atoms with Crippen LogP contribution in [0.15, 0.2) is 22.7 Å². The van der Waals surface area contributed by atoms with Gasteiger partial charge in [-0.15, -0.1) is 0 Å². The second-order valence-corrected chi connectivity index (χ2v) is 4.46. The topological polar surface area (TPSA) is 68.4 Å². The molecule has 102 valence electrons. The van der Waals surface area contributed by atoms with Gasteiger partial charge in [0.25, 0.3) is 0 Å². The van der Waals surface area contributed by atoms with Crippen molar-refractivity contribution in [3.05, 3.63) is 41.0 Å². The number of ether oxygens (including phenoxy) is 1. The van der Waals surface area contributed by atoms with Crippen LogP contribution in [0.4, 0.5) is 0 Å². The molecule has 0 saturated heterocycles. The van der Waals surface area contributed by atoms with Gasteiger partial charge in [-0.1, -0.05) is 24.2 Å². The molecule has 0 saturated carbocycles. The maximum absolute atomic E-state index is 9.71. The molecule has 0 unspecified atom stereocenters. The molecule has 0 aliphatic carbocycles. The third kappa shape index (κ3) is 3.32. The molecular formula is C14H18N2O3. The van der Waals surface area contributed by atoms with Gasteiger partial charge in [0.05, 0.1) is 6.10 Å². The number of aryl methyl sites for hydroxylation is 2. The first-order valence-corrected chi connectivity index (χ1v) is 6.33. The SMILES string of the molecule is CCc1nc(COc2cc(C)ccc2[C@@H](C)O)no1. The number of aliphatic hydroxyl groups excluding tert-OH is 1. The van der Waals surface area contributed by atoms with Gasteiger partial charge in [0.1, 0.15) is 5.75 Å². The van der Waals surface area contributed by atoms with E-state index in [1.807, 2.05) is 32.0 Å². The zero-order chi connectivity index (χ0) is 13.8. The first kappa shape index (κ1) is 13.5. The molecule has 2 rings (SSSR count). The lowest BCUT2D eigenvalue weighted by Gasteiger charge is -2.13. The van der Waals surface area contributed by atoms with Crippen LogP contribution in [0.25, 0.3) is 0 Å². The summed E-state index contributed by atoms with van der Waals surface area (Å²) in [6.07, 6.45) is 0.128. The first-order valence-electron chi connectivity index (χ1n) is 6.33. The molecule has 0 aliphatic heterocycles. The van der Waals surface area contributed by atoms with Crippen molar-refractivity contribution in [2.45, 2.75) is 39.9 Å². The number of aliphatic hydroxyl groups is 1. The fourth-order valence-electron chi connectivity index (χ4n) is 1.75. The molecule has 1 heterocycles. The summed E-state index contributed by atoms with van der Waals surface area (Å²) >= 11 is 0. The number of nitrogens with zero attached hydrogens (tertiary/aromatic N) is 2. The van der Waals surface area contributed by atoms with Crippen LogP contribution in [0.5, 0.6) is 5.75 Å². The maximum Gasteiger partial charge on any atom is 0.226 e. The predicted molar refractivity (Wildman–Crippen MR) is 69.8 cm³/mol.